The van der Waals surface area contributed by atoms with E-state index >= 15 is 0 Å². The number of nitrogens with zero attached hydrogens (tertiary/aromatic N) is 1. The molecule has 0 saturated carbocycles. The van der Waals surface area contributed by atoms with E-state index in [-0.39, 0.29) is 28.8 Å². The van der Waals surface area contributed by atoms with E-state index < -0.39 is 0 Å². The van der Waals surface area contributed by atoms with Crippen LogP contribution in [0.15, 0.2) is 24.3 Å². The first kappa shape index (κ1) is 15.6. The maximum absolute atomic E-state index is 10.8. The number of non-ortho nitro benzene ring substituents is 1. The molecule has 0 aliphatic carbocycles. The topological polar surface area (TPSA) is 75.4 Å². The van der Waals surface area contributed by atoms with Crippen LogP contribution in [0.25, 0.3) is 0 Å². The van der Waals surface area contributed by atoms with Gasteiger partial charge in [0.25, 0.3) is 5.69 Å². The first-order valence-corrected chi connectivity index (χ1v) is 6.62. The number of nitrogens with one attached hydrogen (secondary N) is 1. The number of nitro groups is 1. The molecule has 3 unspecified atom stereocenters. The molecule has 0 aliphatic rings. The second-order valence-corrected chi connectivity index (χ2v) is 4.97. The number of nitro benzene ring substituents is 1. The van der Waals surface area contributed by atoms with Gasteiger partial charge in [-0.2, -0.15) is 0 Å². The van der Waals surface area contributed by atoms with Crippen molar-refractivity contribution in [2.45, 2.75) is 51.8 Å². The van der Waals surface area contributed by atoms with Gasteiger partial charge in [0.1, 0.15) is 0 Å². The van der Waals surface area contributed by atoms with Gasteiger partial charge in [0.05, 0.1) is 11.0 Å². The van der Waals surface area contributed by atoms with Crippen molar-refractivity contribution in [3.8, 4) is 0 Å². The van der Waals surface area contributed by atoms with Crippen molar-refractivity contribution in [1.82, 2.24) is 5.32 Å². The van der Waals surface area contributed by atoms with Crippen LogP contribution < -0.4 is 5.32 Å². The van der Waals surface area contributed by atoms with E-state index in [1.165, 1.54) is 6.07 Å². The van der Waals surface area contributed by atoms with Gasteiger partial charge in [-0.3, -0.25) is 10.1 Å². The molecule has 0 bridgehead atoms. The van der Waals surface area contributed by atoms with Gasteiger partial charge < -0.3 is 10.4 Å². The summed E-state index contributed by atoms with van der Waals surface area (Å²) in [5.41, 5.74) is 1.02. The second kappa shape index (κ2) is 7.21. The Morgan fingerprint density at radius 3 is 2.63 bits per heavy atom. The zero-order valence-corrected chi connectivity index (χ0v) is 11.7. The highest BCUT2D eigenvalue weighted by Crippen LogP contribution is 2.22. The van der Waals surface area contributed by atoms with Crippen LogP contribution >= 0.6 is 0 Å². The molecule has 1 rings (SSSR count). The molecule has 2 N–H and O–H groups in total. The Labute approximate surface area is 113 Å². The summed E-state index contributed by atoms with van der Waals surface area (Å²) in [6.45, 7) is 5.80. The molecule has 0 radical (unpaired) electrons. The predicted octanol–water partition coefficient (Wildman–Crippen LogP) is 2.79. The van der Waals surface area contributed by atoms with Crippen LogP contribution in [0.5, 0.6) is 0 Å². The van der Waals surface area contributed by atoms with Crippen molar-refractivity contribution in [3.63, 3.8) is 0 Å². The minimum absolute atomic E-state index is 0.0636. The van der Waals surface area contributed by atoms with Crippen LogP contribution in [0.1, 0.15) is 45.2 Å². The molecule has 19 heavy (non-hydrogen) atoms. The van der Waals surface area contributed by atoms with Gasteiger partial charge in [-0.25, -0.2) is 0 Å². The molecule has 0 amide bonds. The smallest absolute Gasteiger partial charge is 0.269 e. The van der Waals surface area contributed by atoms with E-state index in [2.05, 4.69) is 5.32 Å². The number of aliphatic hydroxyl groups is 1. The van der Waals surface area contributed by atoms with Crippen molar-refractivity contribution in [2.24, 2.45) is 0 Å². The van der Waals surface area contributed by atoms with Gasteiger partial charge >= 0.3 is 0 Å². The molecule has 3 atom stereocenters. The third-order valence-corrected chi connectivity index (χ3v) is 3.07. The van der Waals surface area contributed by atoms with Gasteiger partial charge in [-0.1, -0.05) is 19.1 Å². The molecule has 0 aromatic heterocycles. The number of hydrogen-bond donors (Lipinski definition) is 2. The van der Waals surface area contributed by atoms with Gasteiger partial charge in [0, 0.05) is 24.2 Å². The zero-order chi connectivity index (χ0) is 14.4. The quantitative estimate of drug-likeness (QED) is 0.588. The lowest BCUT2D eigenvalue weighted by Crippen LogP contribution is -2.32. The fourth-order valence-corrected chi connectivity index (χ4v) is 2.23. The molecule has 0 heterocycles. The van der Waals surface area contributed by atoms with Gasteiger partial charge in [-0.15, -0.1) is 0 Å². The van der Waals surface area contributed by atoms with Gasteiger partial charge in [0.15, 0.2) is 0 Å². The maximum Gasteiger partial charge on any atom is 0.269 e. The van der Waals surface area contributed by atoms with Crippen molar-refractivity contribution < 1.29 is 10.0 Å². The summed E-state index contributed by atoms with van der Waals surface area (Å²) >= 11 is 0. The van der Waals surface area contributed by atoms with Crippen molar-refractivity contribution in [1.29, 1.82) is 0 Å². The minimum atomic E-state index is -0.380. The Hall–Kier alpha value is -1.46. The van der Waals surface area contributed by atoms with Crippen LogP contribution in [0.4, 0.5) is 5.69 Å². The summed E-state index contributed by atoms with van der Waals surface area (Å²) in [4.78, 5) is 10.4. The number of aliphatic hydroxyl groups excluding tert-OH is 1. The molecular weight excluding hydrogens is 244 g/mol. The highest BCUT2D eigenvalue weighted by Gasteiger charge is 2.16. The molecule has 1 aromatic carbocycles. The Morgan fingerprint density at radius 2 is 2.11 bits per heavy atom. The summed E-state index contributed by atoms with van der Waals surface area (Å²) in [5.74, 6) is 0. The molecule has 5 heteroatoms. The van der Waals surface area contributed by atoms with E-state index in [1.807, 2.05) is 19.9 Å². The molecule has 106 valence electrons. The maximum atomic E-state index is 10.8. The standard InChI is InChI=1S/C14H22N2O3/c1-4-14(15-10(2)8-11(3)17)12-6-5-7-13(9-12)16(18)19/h5-7,9-11,14-15,17H,4,8H2,1-3H3. The highest BCUT2D eigenvalue weighted by molar-refractivity contribution is 5.35. The molecule has 0 spiro atoms. The molecule has 0 aliphatic heterocycles. The molecule has 1 aromatic rings. The first-order chi connectivity index (χ1) is 8.93. The fraction of sp³-hybridized carbons (Fsp3) is 0.571. The largest absolute Gasteiger partial charge is 0.393 e. The van der Waals surface area contributed by atoms with Crippen molar-refractivity contribution in [3.05, 3.63) is 39.9 Å². The monoisotopic (exact) mass is 266 g/mol. The van der Waals surface area contributed by atoms with E-state index in [4.69, 9.17) is 0 Å². The Morgan fingerprint density at radius 1 is 1.42 bits per heavy atom. The van der Waals surface area contributed by atoms with Crippen molar-refractivity contribution >= 4 is 5.69 Å². The number of rotatable bonds is 7. The molecular formula is C14H22N2O3. The zero-order valence-electron chi connectivity index (χ0n) is 11.7. The third kappa shape index (κ3) is 4.96. The van der Waals surface area contributed by atoms with Crippen LogP contribution in [0.2, 0.25) is 0 Å². The third-order valence-electron chi connectivity index (χ3n) is 3.07. The summed E-state index contributed by atoms with van der Waals surface area (Å²) in [7, 11) is 0. The Bertz CT molecular complexity index is 421. The number of hydrogen-bond acceptors (Lipinski definition) is 4. The Balaban J connectivity index is 2.79. The second-order valence-electron chi connectivity index (χ2n) is 4.97. The van der Waals surface area contributed by atoms with Gasteiger partial charge in [0.2, 0.25) is 0 Å². The number of benzene rings is 1. The lowest BCUT2D eigenvalue weighted by molar-refractivity contribution is -0.384. The molecule has 5 nitrogen and oxygen atoms in total. The SMILES string of the molecule is CCC(NC(C)CC(C)O)c1cccc([N+](=O)[O-])c1. The predicted molar refractivity (Wildman–Crippen MR) is 75.0 cm³/mol. The average Bonchev–Trinajstić information content (AvgIpc) is 2.35. The normalized spacial score (nSPS) is 15.8. The van der Waals surface area contributed by atoms with Crippen LogP contribution in [0.3, 0.4) is 0 Å². The first-order valence-electron chi connectivity index (χ1n) is 6.62. The molecule has 0 saturated heterocycles. The summed E-state index contributed by atoms with van der Waals surface area (Å²) in [6, 6.07) is 6.92. The van der Waals surface area contributed by atoms with E-state index in [0.29, 0.717) is 6.42 Å². The van der Waals surface area contributed by atoms with E-state index in [1.54, 1.807) is 19.1 Å². The van der Waals surface area contributed by atoms with Crippen LogP contribution in [-0.4, -0.2) is 22.2 Å². The summed E-state index contributed by atoms with van der Waals surface area (Å²) in [5, 5.41) is 23.5. The Kier molecular flexibility index (Phi) is 5.92. The van der Waals surface area contributed by atoms with E-state index in [0.717, 1.165) is 12.0 Å². The lowest BCUT2D eigenvalue weighted by Gasteiger charge is -2.23. The van der Waals surface area contributed by atoms with Crippen molar-refractivity contribution in [2.75, 3.05) is 0 Å². The van der Waals surface area contributed by atoms with E-state index in [9.17, 15) is 15.2 Å². The van der Waals surface area contributed by atoms with Gasteiger partial charge in [-0.05, 0) is 32.3 Å². The fourth-order valence-electron chi connectivity index (χ4n) is 2.23. The summed E-state index contributed by atoms with van der Waals surface area (Å²) in [6.07, 6.45) is 1.14. The lowest BCUT2D eigenvalue weighted by atomic mass is 10.0. The summed E-state index contributed by atoms with van der Waals surface area (Å²) < 4.78 is 0. The minimum Gasteiger partial charge on any atom is -0.393 e. The average molecular weight is 266 g/mol. The highest BCUT2D eigenvalue weighted by atomic mass is 16.6. The van der Waals surface area contributed by atoms with Crippen LogP contribution in [-0.2, 0) is 0 Å². The molecule has 0 fully saturated rings. The van der Waals surface area contributed by atoms with Crippen LogP contribution in [0, 0.1) is 10.1 Å².